The summed E-state index contributed by atoms with van der Waals surface area (Å²) in [7, 11) is 0. The number of hydrogen-bond donors (Lipinski definition) is 0. The lowest BCUT2D eigenvalue weighted by Gasteiger charge is -2.03. The zero-order valence-corrected chi connectivity index (χ0v) is 8.23. The van der Waals surface area contributed by atoms with Crippen molar-refractivity contribution < 1.29 is 0 Å². The first-order valence-corrected chi connectivity index (χ1v) is 4.44. The molecule has 0 radical (unpaired) electrons. The molecule has 0 saturated carbocycles. The maximum atomic E-state index is 8.65. The molecule has 0 fully saturated rings. The molecule has 0 aliphatic carbocycles. The van der Waals surface area contributed by atoms with Gasteiger partial charge in [0.1, 0.15) is 6.07 Å². The highest BCUT2D eigenvalue weighted by Crippen LogP contribution is 2.22. The molecule has 0 heterocycles. The van der Waals surface area contributed by atoms with Crippen LogP contribution in [0.5, 0.6) is 0 Å². The molecular formula is C11H10ClN. The van der Waals surface area contributed by atoms with Crippen molar-refractivity contribution in [1.82, 2.24) is 0 Å². The summed E-state index contributed by atoms with van der Waals surface area (Å²) in [5.41, 5.74) is 2.55. The van der Waals surface area contributed by atoms with Crippen LogP contribution < -0.4 is 0 Å². The van der Waals surface area contributed by atoms with Gasteiger partial charge < -0.3 is 0 Å². The van der Waals surface area contributed by atoms with Crippen molar-refractivity contribution in [2.24, 2.45) is 0 Å². The maximum Gasteiger partial charge on any atom is 0.101 e. The van der Waals surface area contributed by atoms with Gasteiger partial charge in [-0.1, -0.05) is 31.2 Å². The van der Waals surface area contributed by atoms with E-state index in [0.717, 1.165) is 17.6 Å². The lowest BCUT2D eigenvalue weighted by molar-refractivity contribution is 1.24. The van der Waals surface area contributed by atoms with E-state index in [-0.39, 0.29) is 0 Å². The van der Waals surface area contributed by atoms with Crippen molar-refractivity contribution in [1.29, 1.82) is 5.26 Å². The quantitative estimate of drug-likeness (QED) is 0.700. The van der Waals surface area contributed by atoms with Crippen molar-refractivity contribution in [3.05, 3.63) is 40.9 Å². The van der Waals surface area contributed by atoms with Gasteiger partial charge in [0.05, 0.1) is 10.6 Å². The fourth-order valence-corrected chi connectivity index (χ4v) is 1.25. The molecule has 13 heavy (non-hydrogen) atoms. The predicted octanol–water partition coefficient (Wildman–Crippen LogP) is 3.63. The fourth-order valence-electron chi connectivity index (χ4n) is 1.03. The highest BCUT2D eigenvalue weighted by molar-refractivity contribution is 6.31. The Morgan fingerprint density at radius 1 is 1.62 bits per heavy atom. The SMILES string of the molecule is C=C(CC)c1ccc(C#N)c(Cl)c1. The molecule has 2 heteroatoms. The number of nitriles is 1. The van der Waals surface area contributed by atoms with Gasteiger partial charge in [0.2, 0.25) is 0 Å². The van der Waals surface area contributed by atoms with Crippen LogP contribution in [-0.4, -0.2) is 0 Å². The van der Waals surface area contributed by atoms with E-state index in [4.69, 9.17) is 16.9 Å². The van der Waals surface area contributed by atoms with Crippen LogP contribution in [0.2, 0.25) is 5.02 Å². The Balaban J connectivity index is 3.11. The molecule has 0 aromatic heterocycles. The molecule has 0 aliphatic rings. The fraction of sp³-hybridized carbons (Fsp3) is 0.182. The molecule has 0 aliphatic heterocycles. The molecule has 66 valence electrons. The summed E-state index contributed by atoms with van der Waals surface area (Å²) in [6.45, 7) is 5.93. The van der Waals surface area contributed by atoms with Crippen molar-refractivity contribution in [3.8, 4) is 6.07 Å². The van der Waals surface area contributed by atoms with E-state index in [1.807, 2.05) is 19.1 Å². The molecule has 0 N–H and O–H groups in total. The summed E-state index contributed by atoms with van der Waals surface area (Å²) in [6, 6.07) is 7.39. The first-order valence-electron chi connectivity index (χ1n) is 4.06. The Bertz CT molecular complexity index is 374. The van der Waals surface area contributed by atoms with Gasteiger partial charge in [0, 0.05) is 0 Å². The summed E-state index contributed by atoms with van der Waals surface area (Å²) in [5.74, 6) is 0. The second kappa shape index (κ2) is 4.11. The third kappa shape index (κ3) is 2.11. The van der Waals surface area contributed by atoms with E-state index in [9.17, 15) is 0 Å². The van der Waals surface area contributed by atoms with Crippen LogP contribution in [0.3, 0.4) is 0 Å². The summed E-state index contributed by atoms with van der Waals surface area (Å²) in [6.07, 6.45) is 0.891. The standard InChI is InChI=1S/C11H10ClN/c1-3-8(2)9-4-5-10(7-13)11(12)6-9/h4-6H,2-3H2,1H3. The Hall–Kier alpha value is -1.26. The predicted molar refractivity (Wildman–Crippen MR) is 55.5 cm³/mol. The van der Waals surface area contributed by atoms with E-state index in [0.29, 0.717) is 10.6 Å². The highest BCUT2D eigenvalue weighted by Gasteiger charge is 2.02. The molecule has 0 bridgehead atoms. The second-order valence-corrected chi connectivity index (χ2v) is 3.17. The number of halogens is 1. The molecule has 1 aromatic carbocycles. The van der Waals surface area contributed by atoms with E-state index < -0.39 is 0 Å². The Labute approximate surface area is 83.3 Å². The summed E-state index contributed by atoms with van der Waals surface area (Å²) >= 11 is 5.87. The summed E-state index contributed by atoms with van der Waals surface area (Å²) < 4.78 is 0. The first kappa shape index (κ1) is 9.83. The van der Waals surface area contributed by atoms with Crippen LogP contribution in [0.4, 0.5) is 0 Å². The maximum absolute atomic E-state index is 8.65. The second-order valence-electron chi connectivity index (χ2n) is 2.76. The molecule has 0 atom stereocenters. The Morgan fingerprint density at radius 3 is 2.77 bits per heavy atom. The smallest absolute Gasteiger partial charge is 0.101 e. The van der Waals surface area contributed by atoms with Crippen molar-refractivity contribution >= 4 is 17.2 Å². The van der Waals surface area contributed by atoms with Crippen molar-refractivity contribution in [3.63, 3.8) is 0 Å². The minimum absolute atomic E-state index is 0.495. The van der Waals surface area contributed by atoms with Gasteiger partial charge >= 0.3 is 0 Å². The summed E-state index contributed by atoms with van der Waals surface area (Å²) in [4.78, 5) is 0. The molecule has 0 amide bonds. The third-order valence-corrected chi connectivity index (χ3v) is 2.24. The van der Waals surface area contributed by atoms with E-state index in [1.165, 1.54) is 0 Å². The number of benzene rings is 1. The molecule has 0 saturated heterocycles. The number of nitrogens with zero attached hydrogens (tertiary/aromatic N) is 1. The minimum atomic E-state index is 0.495. The topological polar surface area (TPSA) is 23.8 Å². The Kier molecular flexibility index (Phi) is 3.11. The van der Waals surface area contributed by atoms with Crippen LogP contribution in [0, 0.1) is 11.3 Å². The largest absolute Gasteiger partial charge is 0.192 e. The van der Waals surface area contributed by atoms with E-state index in [1.54, 1.807) is 12.1 Å². The lowest BCUT2D eigenvalue weighted by Crippen LogP contribution is -1.83. The van der Waals surface area contributed by atoms with Crippen LogP contribution >= 0.6 is 11.6 Å². The van der Waals surface area contributed by atoms with Gasteiger partial charge in [-0.15, -0.1) is 0 Å². The number of rotatable bonds is 2. The van der Waals surface area contributed by atoms with Crippen LogP contribution in [0.15, 0.2) is 24.8 Å². The van der Waals surface area contributed by atoms with Gasteiger partial charge in [-0.05, 0) is 29.7 Å². The van der Waals surface area contributed by atoms with Crippen molar-refractivity contribution in [2.75, 3.05) is 0 Å². The highest BCUT2D eigenvalue weighted by atomic mass is 35.5. The lowest BCUT2D eigenvalue weighted by atomic mass is 10.0. The molecular weight excluding hydrogens is 182 g/mol. The summed E-state index contributed by atoms with van der Waals surface area (Å²) in [5, 5.41) is 9.14. The third-order valence-electron chi connectivity index (χ3n) is 1.92. The van der Waals surface area contributed by atoms with Gasteiger partial charge in [0.15, 0.2) is 0 Å². The van der Waals surface area contributed by atoms with Gasteiger partial charge in [-0.25, -0.2) is 0 Å². The van der Waals surface area contributed by atoms with E-state index >= 15 is 0 Å². The molecule has 0 spiro atoms. The molecule has 1 aromatic rings. The average Bonchev–Trinajstić information content (AvgIpc) is 2.16. The number of hydrogen-bond acceptors (Lipinski definition) is 1. The van der Waals surface area contributed by atoms with Gasteiger partial charge in [-0.2, -0.15) is 5.26 Å². The minimum Gasteiger partial charge on any atom is -0.192 e. The zero-order valence-electron chi connectivity index (χ0n) is 7.47. The normalized spacial score (nSPS) is 9.31. The molecule has 1 nitrogen and oxygen atoms in total. The number of allylic oxidation sites excluding steroid dienone is 1. The van der Waals surface area contributed by atoms with Crippen LogP contribution in [0.25, 0.3) is 5.57 Å². The van der Waals surface area contributed by atoms with E-state index in [2.05, 4.69) is 6.58 Å². The zero-order chi connectivity index (χ0) is 9.84. The van der Waals surface area contributed by atoms with Crippen LogP contribution in [0.1, 0.15) is 24.5 Å². The molecule has 1 rings (SSSR count). The Morgan fingerprint density at radius 2 is 2.31 bits per heavy atom. The van der Waals surface area contributed by atoms with Gasteiger partial charge in [-0.3, -0.25) is 0 Å². The van der Waals surface area contributed by atoms with Gasteiger partial charge in [0.25, 0.3) is 0 Å². The van der Waals surface area contributed by atoms with Crippen molar-refractivity contribution in [2.45, 2.75) is 13.3 Å². The average molecular weight is 192 g/mol. The molecule has 0 unspecified atom stereocenters. The first-order chi connectivity index (χ1) is 6.19. The van der Waals surface area contributed by atoms with Crippen LogP contribution in [-0.2, 0) is 0 Å². The monoisotopic (exact) mass is 191 g/mol.